The van der Waals surface area contributed by atoms with Crippen molar-refractivity contribution in [2.45, 2.75) is 68.9 Å². The Kier molecular flexibility index (Phi) is 6.09. The number of nitrogens with zero attached hydrogens (tertiary/aromatic N) is 4. The van der Waals surface area contributed by atoms with Gasteiger partial charge in [0.05, 0.1) is 28.9 Å². The highest BCUT2D eigenvalue weighted by molar-refractivity contribution is 7.19. The Balaban J connectivity index is 1.65. The van der Waals surface area contributed by atoms with Gasteiger partial charge in [-0.15, -0.1) is 18.5 Å². The average Bonchev–Trinajstić information content (AvgIpc) is 2.89. The van der Waals surface area contributed by atoms with Crippen LogP contribution in [0.15, 0.2) is 55.4 Å². The van der Waals surface area contributed by atoms with E-state index >= 15 is 0 Å². The van der Waals surface area contributed by atoms with Crippen LogP contribution in [0.4, 0.5) is 0 Å². The van der Waals surface area contributed by atoms with Gasteiger partial charge in [0.25, 0.3) is 0 Å². The minimum absolute atomic E-state index is 0.0295. The number of aromatic nitrogens is 4. The van der Waals surface area contributed by atoms with Crippen LogP contribution in [0, 0.1) is 23.7 Å². The van der Waals surface area contributed by atoms with Crippen molar-refractivity contribution in [3.05, 3.63) is 83.5 Å². The van der Waals surface area contributed by atoms with Crippen LogP contribution >= 0.6 is 18.5 Å². The third-order valence-corrected chi connectivity index (χ3v) is 11.3. The molecule has 4 nitrogen and oxygen atoms in total. The largest absolute Gasteiger partial charge is 0.261 e. The summed E-state index contributed by atoms with van der Waals surface area (Å²) in [4.78, 5) is 18.7. The van der Waals surface area contributed by atoms with Crippen molar-refractivity contribution >= 4 is 18.5 Å². The Hall–Kier alpha value is -1.76. The van der Waals surface area contributed by atoms with Gasteiger partial charge in [0.2, 0.25) is 0 Å². The lowest BCUT2D eigenvalue weighted by Gasteiger charge is -2.62. The summed E-state index contributed by atoms with van der Waals surface area (Å²) in [5.74, 6) is 3.33. The molecular formula is C30H38N4P2. The van der Waals surface area contributed by atoms with Gasteiger partial charge in [-0.05, 0) is 84.0 Å². The summed E-state index contributed by atoms with van der Waals surface area (Å²) in [5, 5.41) is -0.638. The topological polar surface area (TPSA) is 51.6 Å². The van der Waals surface area contributed by atoms with E-state index in [1.165, 1.54) is 48.8 Å². The molecule has 188 valence electrons. The van der Waals surface area contributed by atoms with E-state index in [1.54, 1.807) is 24.8 Å². The summed E-state index contributed by atoms with van der Waals surface area (Å²) in [6.07, 6.45) is 19.0. The van der Waals surface area contributed by atoms with Crippen molar-refractivity contribution in [1.29, 1.82) is 0 Å². The maximum absolute atomic E-state index is 4.87. The fourth-order valence-electron chi connectivity index (χ4n) is 8.06. The van der Waals surface area contributed by atoms with Gasteiger partial charge in [-0.3, -0.25) is 19.9 Å². The highest BCUT2D eigenvalue weighted by atomic mass is 31.0. The second kappa shape index (κ2) is 8.92. The normalized spacial score (nSPS) is 29.5. The molecule has 7 rings (SSSR count). The number of hydrogen-bond acceptors (Lipinski definition) is 4. The highest BCUT2D eigenvalue weighted by Crippen LogP contribution is 2.65. The molecular weight excluding hydrogens is 478 g/mol. The Labute approximate surface area is 220 Å². The summed E-state index contributed by atoms with van der Waals surface area (Å²) < 4.78 is 0. The van der Waals surface area contributed by atoms with Gasteiger partial charge in [0, 0.05) is 30.2 Å². The number of benzene rings is 1. The second-order valence-corrected chi connectivity index (χ2v) is 13.8. The van der Waals surface area contributed by atoms with Gasteiger partial charge in [-0.25, -0.2) is 0 Å². The van der Waals surface area contributed by atoms with E-state index in [-0.39, 0.29) is 10.8 Å². The van der Waals surface area contributed by atoms with E-state index in [0.29, 0.717) is 0 Å². The fourth-order valence-corrected chi connectivity index (χ4v) is 9.49. The van der Waals surface area contributed by atoms with Crippen molar-refractivity contribution in [1.82, 2.24) is 19.9 Å². The van der Waals surface area contributed by atoms with Crippen LogP contribution in [-0.2, 0) is 16.0 Å². The average molecular weight is 517 g/mol. The van der Waals surface area contributed by atoms with Gasteiger partial charge in [-0.2, -0.15) is 0 Å². The molecule has 4 saturated carbocycles. The molecule has 2 heterocycles. The molecule has 0 amide bonds. The molecule has 4 aliphatic rings. The van der Waals surface area contributed by atoms with Crippen molar-refractivity contribution < 1.29 is 0 Å². The molecule has 0 saturated heterocycles. The van der Waals surface area contributed by atoms with Crippen LogP contribution in [0.3, 0.4) is 0 Å². The van der Waals surface area contributed by atoms with E-state index < -0.39 is 5.16 Å². The first-order valence-electron chi connectivity index (χ1n) is 13.4. The van der Waals surface area contributed by atoms with E-state index in [9.17, 15) is 0 Å². The SMILES string of the molecule is CC(C)(C)c1ccc(C2(CP)C3CC4CC(C3)CC2C4)c(C(P)(c2cnccn2)c2cnccn2)c1. The Morgan fingerprint density at radius 3 is 1.83 bits per heavy atom. The zero-order valence-electron chi connectivity index (χ0n) is 21.7. The van der Waals surface area contributed by atoms with Gasteiger partial charge in [0.1, 0.15) is 0 Å². The van der Waals surface area contributed by atoms with Crippen LogP contribution in [-0.4, -0.2) is 26.1 Å². The zero-order valence-corrected chi connectivity index (χ0v) is 24.0. The fraction of sp³-hybridized carbons (Fsp3) is 0.533. The van der Waals surface area contributed by atoms with Gasteiger partial charge < -0.3 is 0 Å². The van der Waals surface area contributed by atoms with E-state index in [0.717, 1.165) is 41.2 Å². The molecule has 4 fully saturated rings. The van der Waals surface area contributed by atoms with Crippen LogP contribution in [0.2, 0.25) is 0 Å². The molecule has 2 aromatic heterocycles. The highest BCUT2D eigenvalue weighted by Gasteiger charge is 2.58. The first-order chi connectivity index (χ1) is 17.3. The molecule has 0 aliphatic heterocycles. The van der Waals surface area contributed by atoms with E-state index in [1.807, 2.05) is 12.4 Å². The molecule has 4 aliphatic carbocycles. The molecule has 1 aromatic carbocycles. The smallest absolute Gasteiger partial charge is 0.0967 e. The first-order valence-corrected chi connectivity index (χ1v) is 14.8. The molecule has 0 radical (unpaired) electrons. The van der Waals surface area contributed by atoms with Crippen molar-refractivity contribution in [2.24, 2.45) is 23.7 Å². The molecule has 0 N–H and O–H groups in total. The maximum Gasteiger partial charge on any atom is 0.0967 e. The second-order valence-electron chi connectivity index (χ2n) is 12.5. The minimum Gasteiger partial charge on any atom is -0.261 e. The van der Waals surface area contributed by atoms with Crippen LogP contribution in [0.1, 0.15) is 81.0 Å². The standard InChI is InChI=1S/C30H38N4P2/c1-28(2,3)21-4-5-24(29(18-35)22-11-19-10-20(13-22)14-23(29)12-19)25(15-21)30(36,26-16-31-6-8-33-26)27-17-32-7-9-34-27/h4-9,15-17,19-20,22-23H,10-14,18,35-36H2,1-3H3. The summed E-state index contributed by atoms with van der Waals surface area (Å²) >= 11 is 0. The van der Waals surface area contributed by atoms with Crippen molar-refractivity contribution in [3.8, 4) is 0 Å². The number of hydrogen-bond donors (Lipinski definition) is 0. The van der Waals surface area contributed by atoms with Crippen LogP contribution in [0.5, 0.6) is 0 Å². The Morgan fingerprint density at radius 1 is 0.833 bits per heavy atom. The van der Waals surface area contributed by atoms with Crippen molar-refractivity contribution in [3.63, 3.8) is 0 Å². The molecule has 4 bridgehead atoms. The number of rotatable bonds is 5. The van der Waals surface area contributed by atoms with Crippen LogP contribution in [0.25, 0.3) is 0 Å². The minimum atomic E-state index is -0.638. The monoisotopic (exact) mass is 516 g/mol. The molecule has 3 aromatic rings. The molecule has 0 spiro atoms. The molecule has 6 heteroatoms. The Morgan fingerprint density at radius 2 is 1.39 bits per heavy atom. The van der Waals surface area contributed by atoms with Crippen LogP contribution < -0.4 is 0 Å². The Bertz CT molecular complexity index is 1170. The predicted octanol–water partition coefficient (Wildman–Crippen LogP) is 6.30. The summed E-state index contributed by atoms with van der Waals surface area (Å²) in [7, 11) is 6.35. The van der Waals surface area contributed by atoms with Gasteiger partial charge in [-0.1, -0.05) is 39.0 Å². The van der Waals surface area contributed by atoms with Gasteiger partial charge >= 0.3 is 0 Å². The summed E-state index contributed by atoms with van der Waals surface area (Å²) in [5.41, 5.74) is 6.11. The van der Waals surface area contributed by atoms with Crippen molar-refractivity contribution in [2.75, 3.05) is 6.16 Å². The third kappa shape index (κ3) is 3.70. The lowest BCUT2D eigenvalue weighted by Crippen LogP contribution is -2.57. The molecule has 2 atom stereocenters. The first kappa shape index (κ1) is 24.6. The zero-order chi connectivity index (χ0) is 25.1. The van der Waals surface area contributed by atoms with E-state index in [2.05, 4.69) is 67.4 Å². The quantitative estimate of drug-likeness (QED) is 0.374. The van der Waals surface area contributed by atoms with E-state index in [4.69, 9.17) is 9.97 Å². The summed E-state index contributed by atoms with van der Waals surface area (Å²) in [6.45, 7) is 6.90. The summed E-state index contributed by atoms with van der Waals surface area (Å²) in [6, 6.07) is 7.33. The maximum atomic E-state index is 4.87. The molecule has 36 heavy (non-hydrogen) atoms. The predicted molar refractivity (Wildman–Crippen MR) is 152 cm³/mol. The third-order valence-electron chi connectivity index (χ3n) is 9.68. The van der Waals surface area contributed by atoms with Gasteiger partial charge in [0.15, 0.2) is 0 Å². The lowest BCUT2D eigenvalue weighted by molar-refractivity contribution is -0.0504. The molecule has 2 unspecified atom stereocenters. The lowest BCUT2D eigenvalue weighted by atomic mass is 9.43.